The summed E-state index contributed by atoms with van der Waals surface area (Å²) >= 11 is 12.0. The van der Waals surface area contributed by atoms with E-state index in [1.54, 1.807) is 25.2 Å². The summed E-state index contributed by atoms with van der Waals surface area (Å²) < 4.78 is 41.8. The molecular weight excluding hydrogens is 450 g/mol. The summed E-state index contributed by atoms with van der Waals surface area (Å²) in [7, 11) is 1.58. The highest BCUT2D eigenvalue weighted by Gasteiger charge is 2.34. The van der Waals surface area contributed by atoms with Crippen LogP contribution in [0.5, 0.6) is 0 Å². The van der Waals surface area contributed by atoms with Crippen molar-refractivity contribution in [1.29, 1.82) is 0 Å². The number of carbonyl (C=O) groups excluding carboxylic acids is 1. The van der Waals surface area contributed by atoms with E-state index in [-0.39, 0.29) is 37.9 Å². The van der Waals surface area contributed by atoms with Gasteiger partial charge in [-0.3, -0.25) is 4.79 Å². The third kappa shape index (κ3) is 5.48. The third-order valence-electron chi connectivity index (χ3n) is 4.52. The van der Waals surface area contributed by atoms with Crippen LogP contribution >= 0.6 is 35.6 Å². The Morgan fingerprint density at radius 2 is 1.72 bits per heavy atom. The molecule has 1 saturated heterocycles. The second-order valence-corrected chi connectivity index (χ2v) is 7.48. The lowest BCUT2D eigenvalue weighted by Gasteiger charge is -2.39. The molecule has 0 saturated carbocycles. The zero-order valence-electron chi connectivity index (χ0n) is 15.4. The number of amides is 1. The fourth-order valence-electron chi connectivity index (χ4n) is 3.31. The molecule has 1 unspecified atom stereocenters. The van der Waals surface area contributed by atoms with Crippen molar-refractivity contribution in [3.63, 3.8) is 0 Å². The van der Waals surface area contributed by atoms with Gasteiger partial charge in [0.1, 0.15) is 17.5 Å². The summed E-state index contributed by atoms with van der Waals surface area (Å²) in [6, 6.07) is 5.34. The van der Waals surface area contributed by atoms with E-state index in [0.29, 0.717) is 28.7 Å². The van der Waals surface area contributed by atoms with Crippen molar-refractivity contribution in [3.8, 4) is 0 Å². The lowest BCUT2D eigenvalue weighted by atomic mass is 10.1. The van der Waals surface area contributed by atoms with Gasteiger partial charge in [0.05, 0.1) is 0 Å². The van der Waals surface area contributed by atoms with Crippen LogP contribution in [0.3, 0.4) is 0 Å². The lowest BCUT2D eigenvalue weighted by Crippen LogP contribution is -2.58. The SMILES string of the molecule is CN(Cc1cc(Cl)cc(Cl)c1)C(=O)C1CNCCN1c1c(F)cc(F)cc1F.Cl. The molecular formula is C19H19Cl3F3N3O. The molecule has 1 heterocycles. The summed E-state index contributed by atoms with van der Waals surface area (Å²) in [5.74, 6) is -3.43. The van der Waals surface area contributed by atoms with Gasteiger partial charge in [0, 0.05) is 55.4 Å². The van der Waals surface area contributed by atoms with Crippen LogP contribution in [0.4, 0.5) is 18.9 Å². The van der Waals surface area contributed by atoms with Gasteiger partial charge in [0.15, 0.2) is 11.6 Å². The Morgan fingerprint density at radius 1 is 1.14 bits per heavy atom. The molecule has 1 aliphatic rings. The van der Waals surface area contributed by atoms with Gasteiger partial charge in [-0.1, -0.05) is 23.2 Å². The first kappa shape index (κ1) is 23.6. The Morgan fingerprint density at radius 3 is 2.31 bits per heavy atom. The second-order valence-electron chi connectivity index (χ2n) is 6.60. The van der Waals surface area contributed by atoms with Crippen molar-refractivity contribution in [3.05, 3.63) is 63.4 Å². The van der Waals surface area contributed by atoms with Gasteiger partial charge in [-0.15, -0.1) is 12.4 Å². The monoisotopic (exact) mass is 467 g/mol. The Balaban J connectivity index is 0.00000300. The van der Waals surface area contributed by atoms with Crippen molar-refractivity contribution in [2.24, 2.45) is 0 Å². The number of piperazine rings is 1. The van der Waals surface area contributed by atoms with Crippen molar-refractivity contribution in [1.82, 2.24) is 10.2 Å². The molecule has 1 fully saturated rings. The highest BCUT2D eigenvalue weighted by molar-refractivity contribution is 6.34. The molecule has 1 aliphatic heterocycles. The Labute approximate surface area is 183 Å². The number of carbonyl (C=O) groups is 1. The fraction of sp³-hybridized carbons (Fsp3) is 0.316. The van der Waals surface area contributed by atoms with E-state index in [2.05, 4.69) is 5.32 Å². The van der Waals surface area contributed by atoms with Gasteiger partial charge in [-0.2, -0.15) is 0 Å². The number of rotatable bonds is 4. The largest absolute Gasteiger partial charge is 0.352 e. The quantitative estimate of drug-likeness (QED) is 0.728. The van der Waals surface area contributed by atoms with Gasteiger partial charge in [0.25, 0.3) is 0 Å². The van der Waals surface area contributed by atoms with Crippen LogP contribution in [0.25, 0.3) is 0 Å². The van der Waals surface area contributed by atoms with Gasteiger partial charge < -0.3 is 15.1 Å². The summed E-state index contributed by atoms with van der Waals surface area (Å²) in [6.45, 7) is 1.06. The maximum atomic E-state index is 14.3. The van der Waals surface area contributed by atoms with E-state index in [9.17, 15) is 18.0 Å². The van der Waals surface area contributed by atoms with Crippen LogP contribution in [-0.2, 0) is 11.3 Å². The summed E-state index contributed by atoms with van der Waals surface area (Å²) in [6.07, 6.45) is 0. The van der Waals surface area contributed by atoms with Crippen molar-refractivity contribution < 1.29 is 18.0 Å². The Kier molecular flexibility index (Phi) is 8.05. The average Bonchev–Trinajstić information content (AvgIpc) is 2.59. The minimum atomic E-state index is -1.04. The number of hydrogen-bond acceptors (Lipinski definition) is 3. The standard InChI is InChI=1S/C19H18Cl2F3N3O.ClH/c1-26(10-11-4-12(20)6-13(21)5-11)19(28)17-9-25-2-3-27(17)18-15(23)7-14(22)8-16(18)24;/h4-8,17,25H,2-3,9-10H2,1H3;1H. The number of likely N-dealkylation sites (N-methyl/N-ethyl adjacent to an activating group) is 1. The van der Waals surface area contributed by atoms with Crippen molar-refractivity contribution in [2.75, 3.05) is 31.6 Å². The molecule has 2 aromatic rings. The highest BCUT2D eigenvalue weighted by Crippen LogP contribution is 2.28. The molecule has 0 aliphatic carbocycles. The smallest absolute Gasteiger partial charge is 0.246 e. The fourth-order valence-corrected chi connectivity index (χ4v) is 3.88. The molecule has 158 valence electrons. The van der Waals surface area contributed by atoms with Gasteiger partial charge in [-0.25, -0.2) is 13.2 Å². The van der Waals surface area contributed by atoms with Crippen molar-refractivity contribution in [2.45, 2.75) is 12.6 Å². The van der Waals surface area contributed by atoms with E-state index in [1.165, 1.54) is 9.80 Å². The third-order valence-corrected chi connectivity index (χ3v) is 4.95. The van der Waals surface area contributed by atoms with Crippen LogP contribution in [0.1, 0.15) is 5.56 Å². The second kappa shape index (κ2) is 9.89. The maximum Gasteiger partial charge on any atom is 0.246 e. The predicted molar refractivity (Wildman–Crippen MR) is 111 cm³/mol. The summed E-state index contributed by atoms with van der Waals surface area (Å²) in [4.78, 5) is 15.8. The zero-order valence-corrected chi connectivity index (χ0v) is 17.7. The average molecular weight is 469 g/mol. The molecule has 10 heteroatoms. The molecule has 29 heavy (non-hydrogen) atoms. The maximum absolute atomic E-state index is 14.3. The van der Waals surface area contributed by atoms with E-state index in [4.69, 9.17) is 23.2 Å². The molecule has 1 amide bonds. The zero-order chi connectivity index (χ0) is 20.4. The molecule has 0 aromatic heterocycles. The summed E-state index contributed by atoms with van der Waals surface area (Å²) in [5, 5.41) is 3.94. The number of hydrogen-bond donors (Lipinski definition) is 1. The topological polar surface area (TPSA) is 35.6 Å². The first-order valence-corrected chi connectivity index (χ1v) is 9.33. The Bertz CT molecular complexity index is 857. The molecule has 0 spiro atoms. The number of nitrogens with one attached hydrogen (secondary N) is 1. The minimum absolute atomic E-state index is 0. The normalized spacial score (nSPS) is 16.3. The van der Waals surface area contributed by atoms with Crippen LogP contribution in [0, 0.1) is 17.5 Å². The van der Waals surface area contributed by atoms with Gasteiger partial charge in [0.2, 0.25) is 5.91 Å². The van der Waals surface area contributed by atoms with E-state index in [1.807, 2.05) is 0 Å². The van der Waals surface area contributed by atoms with E-state index < -0.39 is 29.2 Å². The molecule has 1 atom stereocenters. The Hall–Kier alpha value is -1.67. The number of anilines is 1. The van der Waals surface area contributed by atoms with Crippen LogP contribution in [0.2, 0.25) is 10.0 Å². The molecule has 2 aromatic carbocycles. The number of halogens is 6. The van der Waals surface area contributed by atoms with Gasteiger partial charge >= 0.3 is 0 Å². The first-order chi connectivity index (χ1) is 13.3. The lowest BCUT2D eigenvalue weighted by molar-refractivity contribution is -0.132. The van der Waals surface area contributed by atoms with Gasteiger partial charge in [-0.05, 0) is 23.8 Å². The van der Waals surface area contributed by atoms with Crippen LogP contribution < -0.4 is 10.2 Å². The molecule has 1 N–H and O–H groups in total. The number of nitrogens with zero attached hydrogens (tertiary/aromatic N) is 2. The predicted octanol–water partition coefficient (Wildman–Crippen LogP) is 4.27. The van der Waals surface area contributed by atoms with Crippen LogP contribution in [-0.4, -0.2) is 43.5 Å². The molecule has 3 rings (SSSR count). The van der Waals surface area contributed by atoms with E-state index >= 15 is 0 Å². The van der Waals surface area contributed by atoms with Crippen molar-refractivity contribution >= 4 is 47.2 Å². The summed E-state index contributed by atoms with van der Waals surface area (Å²) in [5.41, 5.74) is 0.322. The van der Waals surface area contributed by atoms with E-state index in [0.717, 1.165) is 5.56 Å². The minimum Gasteiger partial charge on any atom is -0.352 e. The first-order valence-electron chi connectivity index (χ1n) is 8.58. The number of benzene rings is 2. The molecule has 4 nitrogen and oxygen atoms in total. The highest BCUT2D eigenvalue weighted by atomic mass is 35.5. The molecule has 0 bridgehead atoms. The molecule has 0 radical (unpaired) electrons. The van der Waals surface area contributed by atoms with Crippen LogP contribution in [0.15, 0.2) is 30.3 Å².